The first kappa shape index (κ1) is 25.5. The average molecular weight is 506 g/mol. The monoisotopic (exact) mass is 504 g/mol. The fraction of sp³-hybridized carbons (Fsp3) is 0.440. The van der Waals surface area contributed by atoms with E-state index in [1.54, 1.807) is 16.7 Å². The molecule has 0 radical (unpaired) electrons. The highest BCUT2D eigenvalue weighted by atomic mass is 79.9. The smallest absolute Gasteiger partial charge is 0.242 e. The minimum Gasteiger partial charge on any atom is -0.352 e. The number of hydrogen-bond donors (Lipinski definition) is 1. The number of hydrogen-bond acceptors (Lipinski definition) is 3. The minimum atomic E-state index is -0.535. The quantitative estimate of drug-likeness (QED) is 0.455. The van der Waals surface area contributed by atoms with E-state index < -0.39 is 6.04 Å². The molecule has 0 heterocycles. The first-order valence-electron chi connectivity index (χ1n) is 10.7. The Morgan fingerprint density at radius 1 is 1.03 bits per heavy atom. The summed E-state index contributed by atoms with van der Waals surface area (Å²) < 4.78 is 0.987. The Morgan fingerprint density at radius 2 is 1.65 bits per heavy atom. The zero-order valence-electron chi connectivity index (χ0n) is 19.1. The second-order valence-corrected chi connectivity index (χ2v) is 10.0. The van der Waals surface area contributed by atoms with Crippen LogP contribution in [0.4, 0.5) is 0 Å². The molecular formula is C25H33BrN2O2S. The SMILES string of the molecule is CCC(C)NC(=O)C(C)N(Cc1ccc(Br)cc1)C(=O)CSCc1cc(C)cc(C)c1. The molecular weight excluding hydrogens is 472 g/mol. The summed E-state index contributed by atoms with van der Waals surface area (Å²) >= 11 is 5.04. The minimum absolute atomic E-state index is 0.0240. The van der Waals surface area contributed by atoms with Gasteiger partial charge in [0.1, 0.15) is 6.04 Å². The van der Waals surface area contributed by atoms with Gasteiger partial charge >= 0.3 is 0 Å². The van der Waals surface area contributed by atoms with Gasteiger partial charge in [-0.3, -0.25) is 9.59 Å². The van der Waals surface area contributed by atoms with Crippen molar-refractivity contribution in [2.24, 2.45) is 0 Å². The highest BCUT2D eigenvalue weighted by Gasteiger charge is 2.26. The lowest BCUT2D eigenvalue weighted by atomic mass is 10.1. The van der Waals surface area contributed by atoms with Gasteiger partial charge in [-0.1, -0.05) is 64.3 Å². The molecule has 0 aliphatic rings. The van der Waals surface area contributed by atoms with Crippen molar-refractivity contribution in [1.29, 1.82) is 0 Å². The molecule has 0 aromatic heterocycles. The van der Waals surface area contributed by atoms with Gasteiger partial charge in [0.15, 0.2) is 0 Å². The van der Waals surface area contributed by atoms with Crippen LogP contribution in [-0.4, -0.2) is 34.6 Å². The lowest BCUT2D eigenvalue weighted by Gasteiger charge is -2.29. The zero-order chi connectivity index (χ0) is 23.0. The first-order valence-corrected chi connectivity index (χ1v) is 12.6. The molecule has 2 unspecified atom stereocenters. The van der Waals surface area contributed by atoms with E-state index in [1.165, 1.54) is 16.7 Å². The normalized spacial score (nSPS) is 12.8. The van der Waals surface area contributed by atoms with Crippen molar-refractivity contribution >= 4 is 39.5 Å². The van der Waals surface area contributed by atoms with E-state index in [2.05, 4.69) is 53.3 Å². The van der Waals surface area contributed by atoms with E-state index >= 15 is 0 Å². The number of carbonyl (C=O) groups excluding carboxylic acids is 2. The van der Waals surface area contributed by atoms with Gasteiger partial charge in [-0.05, 0) is 57.4 Å². The van der Waals surface area contributed by atoms with Crippen LogP contribution < -0.4 is 5.32 Å². The van der Waals surface area contributed by atoms with E-state index in [4.69, 9.17) is 0 Å². The Labute approximate surface area is 199 Å². The molecule has 4 nitrogen and oxygen atoms in total. The summed E-state index contributed by atoms with van der Waals surface area (Å²) in [5.74, 6) is 0.974. The summed E-state index contributed by atoms with van der Waals surface area (Å²) in [6.45, 7) is 10.4. The van der Waals surface area contributed by atoms with E-state index in [1.807, 2.05) is 45.0 Å². The van der Waals surface area contributed by atoms with Crippen LogP contribution in [-0.2, 0) is 21.9 Å². The Balaban J connectivity index is 2.08. The third-order valence-corrected chi connectivity index (χ3v) is 6.73. The molecule has 0 fully saturated rings. The Morgan fingerprint density at radius 3 is 2.23 bits per heavy atom. The van der Waals surface area contributed by atoms with Crippen molar-refractivity contribution in [3.63, 3.8) is 0 Å². The predicted molar refractivity (Wildman–Crippen MR) is 134 cm³/mol. The van der Waals surface area contributed by atoms with Gasteiger partial charge in [-0.15, -0.1) is 11.8 Å². The lowest BCUT2D eigenvalue weighted by molar-refractivity contribution is -0.138. The second kappa shape index (κ2) is 12.3. The summed E-state index contributed by atoms with van der Waals surface area (Å²) in [5, 5.41) is 3.01. The van der Waals surface area contributed by atoms with Gasteiger partial charge in [-0.2, -0.15) is 0 Å². The van der Waals surface area contributed by atoms with Gasteiger partial charge in [0.2, 0.25) is 11.8 Å². The van der Waals surface area contributed by atoms with Gasteiger partial charge in [-0.25, -0.2) is 0 Å². The molecule has 0 aliphatic carbocycles. The van der Waals surface area contributed by atoms with Crippen molar-refractivity contribution in [2.75, 3.05) is 5.75 Å². The number of nitrogens with zero attached hydrogens (tertiary/aromatic N) is 1. The van der Waals surface area contributed by atoms with Crippen LogP contribution in [0, 0.1) is 13.8 Å². The molecule has 0 saturated carbocycles. The number of aryl methyl sites for hydroxylation is 2. The molecule has 0 aliphatic heterocycles. The fourth-order valence-corrected chi connectivity index (χ4v) is 4.44. The number of amides is 2. The Kier molecular flexibility index (Phi) is 10.1. The van der Waals surface area contributed by atoms with Crippen LogP contribution in [0.25, 0.3) is 0 Å². The number of carbonyl (C=O) groups is 2. The third-order valence-electron chi connectivity index (χ3n) is 5.21. The van der Waals surface area contributed by atoms with Crippen molar-refractivity contribution in [3.8, 4) is 0 Å². The number of thioether (sulfide) groups is 1. The molecule has 6 heteroatoms. The van der Waals surface area contributed by atoms with Crippen molar-refractivity contribution < 1.29 is 9.59 Å². The second-order valence-electron chi connectivity index (χ2n) is 8.13. The fourth-order valence-electron chi connectivity index (χ4n) is 3.33. The van der Waals surface area contributed by atoms with Gasteiger partial charge < -0.3 is 10.2 Å². The van der Waals surface area contributed by atoms with Crippen molar-refractivity contribution in [3.05, 3.63) is 69.2 Å². The Hall–Kier alpha value is -1.79. The van der Waals surface area contributed by atoms with E-state index in [0.29, 0.717) is 12.3 Å². The summed E-state index contributed by atoms with van der Waals surface area (Å²) in [4.78, 5) is 27.6. The molecule has 0 saturated heterocycles. The van der Waals surface area contributed by atoms with E-state index in [-0.39, 0.29) is 17.9 Å². The van der Waals surface area contributed by atoms with Crippen LogP contribution in [0.2, 0.25) is 0 Å². The molecule has 2 amide bonds. The van der Waals surface area contributed by atoms with Crippen LogP contribution >= 0.6 is 27.7 Å². The van der Waals surface area contributed by atoms with Gasteiger partial charge in [0.25, 0.3) is 0 Å². The third kappa shape index (κ3) is 8.34. The van der Waals surface area contributed by atoms with Crippen LogP contribution in [0.1, 0.15) is 49.4 Å². The highest BCUT2D eigenvalue weighted by molar-refractivity contribution is 9.10. The molecule has 1 N–H and O–H groups in total. The topological polar surface area (TPSA) is 49.4 Å². The van der Waals surface area contributed by atoms with Crippen LogP contribution in [0.3, 0.4) is 0 Å². The molecule has 2 rings (SSSR count). The lowest BCUT2D eigenvalue weighted by Crippen LogP contribution is -2.50. The maximum atomic E-state index is 13.2. The average Bonchev–Trinajstić information content (AvgIpc) is 2.71. The van der Waals surface area contributed by atoms with Crippen molar-refractivity contribution in [2.45, 2.75) is 65.4 Å². The number of nitrogens with one attached hydrogen (secondary N) is 1. The van der Waals surface area contributed by atoms with E-state index in [9.17, 15) is 9.59 Å². The molecule has 0 bridgehead atoms. The van der Waals surface area contributed by atoms with Crippen LogP contribution in [0.15, 0.2) is 46.9 Å². The van der Waals surface area contributed by atoms with Gasteiger partial charge in [0.05, 0.1) is 5.75 Å². The molecule has 2 aromatic rings. The molecule has 168 valence electrons. The summed E-state index contributed by atoms with van der Waals surface area (Å²) in [6, 6.07) is 13.9. The first-order chi connectivity index (χ1) is 14.7. The molecule has 31 heavy (non-hydrogen) atoms. The van der Waals surface area contributed by atoms with Gasteiger partial charge in [0, 0.05) is 22.8 Å². The number of rotatable bonds is 10. The summed E-state index contributed by atoms with van der Waals surface area (Å²) in [7, 11) is 0. The maximum absolute atomic E-state index is 13.2. The molecule has 0 spiro atoms. The standard InChI is InChI=1S/C25H33BrN2O2S/c1-6-19(4)27-25(30)20(5)28(14-21-7-9-23(26)10-8-21)24(29)16-31-15-22-12-17(2)11-18(3)13-22/h7-13,19-20H,6,14-16H2,1-5H3,(H,27,30). The van der Waals surface area contributed by atoms with Crippen LogP contribution in [0.5, 0.6) is 0 Å². The summed E-state index contributed by atoms with van der Waals surface area (Å²) in [5.41, 5.74) is 4.68. The number of halogens is 1. The Bertz CT molecular complexity index is 865. The van der Waals surface area contributed by atoms with Crippen molar-refractivity contribution in [1.82, 2.24) is 10.2 Å². The maximum Gasteiger partial charge on any atom is 0.242 e. The highest BCUT2D eigenvalue weighted by Crippen LogP contribution is 2.19. The molecule has 2 aromatic carbocycles. The largest absolute Gasteiger partial charge is 0.352 e. The zero-order valence-corrected chi connectivity index (χ0v) is 21.5. The van der Waals surface area contributed by atoms with E-state index in [0.717, 1.165) is 22.2 Å². The number of benzene rings is 2. The summed E-state index contributed by atoms with van der Waals surface area (Å²) in [6.07, 6.45) is 0.852. The molecule has 2 atom stereocenters. The predicted octanol–water partition coefficient (Wildman–Crippen LogP) is 5.63.